The number of rotatable bonds is 9. The molecule has 0 aliphatic carbocycles. The van der Waals surface area contributed by atoms with Gasteiger partial charge >= 0.3 is 16.6 Å². The predicted octanol–water partition coefficient (Wildman–Crippen LogP) is 7.19. The second kappa shape index (κ2) is 15.8. The highest BCUT2D eigenvalue weighted by atomic mass is 32.2. The third-order valence-corrected chi connectivity index (χ3v) is 5.87. The molecule has 0 unspecified atom stereocenters. The molecule has 42 heavy (non-hydrogen) atoms. The monoisotopic (exact) mass is 591 g/mol. The lowest BCUT2D eigenvalue weighted by Gasteiger charge is -2.18. The van der Waals surface area contributed by atoms with Gasteiger partial charge in [0.15, 0.2) is 23.0 Å². The number of nitrogens with zero attached hydrogens (tertiary/aromatic N) is 2. The van der Waals surface area contributed by atoms with E-state index < -0.39 is 16.6 Å². The van der Waals surface area contributed by atoms with Crippen molar-refractivity contribution < 1.29 is 32.2 Å². The minimum Gasteiger partial charge on any atom is -0.493 e. The lowest BCUT2D eigenvalue weighted by molar-refractivity contribution is 0.137. The first kappa shape index (κ1) is 31.6. The van der Waals surface area contributed by atoms with E-state index in [1.165, 1.54) is 24.9 Å². The summed E-state index contributed by atoms with van der Waals surface area (Å²) in [5, 5.41) is 2.48. The maximum Gasteiger partial charge on any atom is 0.412 e. The highest BCUT2D eigenvalue weighted by Gasteiger charge is 2.16. The maximum absolute atomic E-state index is 11.8. The van der Waals surface area contributed by atoms with Crippen LogP contribution in [0.5, 0.6) is 23.0 Å². The third-order valence-electron chi connectivity index (χ3n) is 5.52. The fourth-order valence-electron chi connectivity index (χ4n) is 3.49. The van der Waals surface area contributed by atoms with Gasteiger partial charge in [0, 0.05) is 6.20 Å². The van der Waals surface area contributed by atoms with E-state index in [0.717, 1.165) is 0 Å². The number of aromatic nitrogens is 1. The van der Waals surface area contributed by atoms with Crippen molar-refractivity contribution in [2.75, 3.05) is 25.6 Å². The Labute approximate surface area is 247 Å². The molecule has 11 heteroatoms. The zero-order chi connectivity index (χ0) is 30.4. The second-order valence-electron chi connectivity index (χ2n) is 9.61. The van der Waals surface area contributed by atoms with Gasteiger partial charge in [-0.05, 0) is 47.4 Å². The average molecular weight is 592 g/mol. The molecule has 1 heterocycles. The van der Waals surface area contributed by atoms with Crippen LogP contribution in [0.1, 0.15) is 26.3 Å². The standard InChI is InChI=1S/C21H19N3O7S.C10H14/c1-28-16-8-2-3-9-17(16)31-20-15(24-32(26)27)7-6-10-18(20)29-13-14-30-21(25)23-19-11-4-5-12-22-19;1-10(2,3)9-7-5-4-6-8-9/h2-12H,13-14H2,1H3,(H,22,23,25);4-8H,1-3H3. The largest absolute Gasteiger partial charge is 0.493 e. The van der Waals surface area contributed by atoms with Gasteiger partial charge in [-0.1, -0.05) is 75.4 Å². The van der Waals surface area contributed by atoms with E-state index in [9.17, 15) is 13.2 Å². The Bertz CT molecular complexity index is 1570. The van der Waals surface area contributed by atoms with Gasteiger partial charge in [-0.2, -0.15) is 8.42 Å². The van der Waals surface area contributed by atoms with Crippen LogP contribution in [0.25, 0.3) is 0 Å². The molecule has 0 fully saturated rings. The number of carbonyl (C=O) groups is 1. The van der Waals surface area contributed by atoms with Crippen molar-refractivity contribution in [3.8, 4) is 23.0 Å². The number of carbonyl (C=O) groups excluding carboxylic acids is 1. The van der Waals surface area contributed by atoms with E-state index in [2.05, 4.69) is 65.8 Å². The molecule has 0 aliphatic rings. The van der Waals surface area contributed by atoms with E-state index in [1.54, 1.807) is 54.6 Å². The zero-order valence-corrected chi connectivity index (χ0v) is 24.6. The molecular weight excluding hydrogens is 558 g/mol. The number of anilines is 1. The van der Waals surface area contributed by atoms with Crippen molar-refractivity contribution in [2.24, 2.45) is 4.36 Å². The molecule has 0 bridgehead atoms. The van der Waals surface area contributed by atoms with Crippen LogP contribution in [0, 0.1) is 0 Å². The summed E-state index contributed by atoms with van der Waals surface area (Å²) in [5.74, 6) is 1.40. The summed E-state index contributed by atoms with van der Waals surface area (Å²) < 4.78 is 47.7. The number of nitrogens with one attached hydrogen (secondary N) is 1. The van der Waals surface area contributed by atoms with Gasteiger partial charge in [-0.25, -0.2) is 9.78 Å². The maximum atomic E-state index is 11.8. The molecule has 1 aromatic heterocycles. The molecule has 0 spiro atoms. The Kier molecular flexibility index (Phi) is 11.9. The summed E-state index contributed by atoms with van der Waals surface area (Å²) in [7, 11) is -1.23. The van der Waals surface area contributed by atoms with Gasteiger partial charge in [-0.15, -0.1) is 4.36 Å². The Morgan fingerprint density at radius 3 is 2.12 bits per heavy atom. The fourth-order valence-corrected chi connectivity index (χ4v) is 3.79. The number of para-hydroxylation sites is 3. The minimum atomic E-state index is -2.71. The van der Waals surface area contributed by atoms with Crippen LogP contribution >= 0.6 is 0 Å². The summed E-state index contributed by atoms with van der Waals surface area (Å²) in [6.45, 7) is 6.57. The number of pyridine rings is 1. The van der Waals surface area contributed by atoms with Crippen LogP contribution in [0.4, 0.5) is 16.3 Å². The summed E-state index contributed by atoms with van der Waals surface area (Å²) in [4.78, 5) is 15.8. The molecule has 0 aliphatic heterocycles. The van der Waals surface area contributed by atoms with Crippen LogP contribution in [-0.4, -0.2) is 39.8 Å². The molecule has 4 aromatic rings. The van der Waals surface area contributed by atoms with Crippen LogP contribution < -0.4 is 19.5 Å². The molecule has 0 atom stereocenters. The summed E-state index contributed by atoms with van der Waals surface area (Å²) in [6, 6.07) is 27.1. The summed E-state index contributed by atoms with van der Waals surface area (Å²) in [6.07, 6.45) is 0.845. The van der Waals surface area contributed by atoms with Gasteiger partial charge < -0.3 is 18.9 Å². The van der Waals surface area contributed by atoms with Crippen LogP contribution in [0.15, 0.2) is 102 Å². The highest BCUT2D eigenvalue weighted by molar-refractivity contribution is 7.61. The SMILES string of the molecule is CC(C)(C)c1ccccc1.COc1ccccc1Oc1c(N=S(=O)=O)cccc1OCCOC(=O)Nc1ccccn1. The number of amides is 1. The van der Waals surface area contributed by atoms with Crippen molar-refractivity contribution in [2.45, 2.75) is 26.2 Å². The van der Waals surface area contributed by atoms with Gasteiger partial charge in [0.25, 0.3) is 0 Å². The van der Waals surface area contributed by atoms with Gasteiger partial charge in [0.1, 0.15) is 24.7 Å². The molecule has 10 nitrogen and oxygen atoms in total. The normalized spacial score (nSPS) is 10.4. The Morgan fingerprint density at radius 1 is 0.833 bits per heavy atom. The molecule has 1 amide bonds. The molecular formula is C31H33N3O7S. The average Bonchev–Trinajstić information content (AvgIpc) is 2.97. The molecule has 4 rings (SSSR count). The lowest BCUT2D eigenvalue weighted by atomic mass is 9.87. The van der Waals surface area contributed by atoms with E-state index >= 15 is 0 Å². The van der Waals surface area contributed by atoms with Gasteiger partial charge in [-0.3, -0.25) is 5.32 Å². The Hall–Kier alpha value is -4.90. The van der Waals surface area contributed by atoms with Crippen molar-refractivity contribution in [1.82, 2.24) is 4.98 Å². The molecule has 0 saturated heterocycles. The van der Waals surface area contributed by atoms with Gasteiger partial charge in [0.2, 0.25) is 0 Å². The number of hydrogen-bond donors (Lipinski definition) is 1. The van der Waals surface area contributed by atoms with E-state index in [-0.39, 0.29) is 30.4 Å². The first-order valence-electron chi connectivity index (χ1n) is 13.0. The second-order valence-corrected chi connectivity index (χ2v) is 10.2. The molecule has 1 N–H and O–H groups in total. The topological polar surface area (TPSA) is 125 Å². The van der Waals surface area contributed by atoms with Crippen LogP contribution in [0.3, 0.4) is 0 Å². The van der Waals surface area contributed by atoms with E-state index in [4.69, 9.17) is 18.9 Å². The Morgan fingerprint density at radius 2 is 1.50 bits per heavy atom. The smallest absolute Gasteiger partial charge is 0.412 e. The minimum absolute atomic E-state index is 0.0260. The number of methoxy groups -OCH3 is 1. The number of benzene rings is 3. The number of ether oxygens (including phenoxy) is 4. The van der Waals surface area contributed by atoms with Crippen LogP contribution in [-0.2, 0) is 20.7 Å². The zero-order valence-electron chi connectivity index (χ0n) is 23.8. The first-order valence-corrected chi connectivity index (χ1v) is 14.0. The van der Waals surface area contributed by atoms with Gasteiger partial charge in [0.05, 0.1) is 7.11 Å². The molecule has 0 saturated carbocycles. The summed E-state index contributed by atoms with van der Waals surface area (Å²) >= 11 is 0. The van der Waals surface area contributed by atoms with Crippen molar-refractivity contribution in [3.63, 3.8) is 0 Å². The third kappa shape index (κ3) is 10.3. The lowest BCUT2D eigenvalue weighted by Crippen LogP contribution is -2.18. The van der Waals surface area contributed by atoms with Crippen LogP contribution in [0.2, 0.25) is 0 Å². The molecule has 0 radical (unpaired) electrons. The van der Waals surface area contributed by atoms with Crippen molar-refractivity contribution in [3.05, 3.63) is 103 Å². The highest BCUT2D eigenvalue weighted by Crippen LogP contribution is 2.42. The van der Waals surface area contributed by atoms with E-state index in [0.29, 0.717) is 22.7 Å². The molecule has 220 valence electrons. The quantitative estimate of drug-likeness (QED) is 0.203. The first-order chi connectivity index (χ1) is 20.2. The Balaban J connectivity index is 0.000000408. The van der Waals surface area contributed by atoms with Crippen molar-refractivity contribution >= 4 is 28.1 Å². The van der Waals surface area contributed by atoms with Crippen molar-refractivity contribution in [1.29, 1.82) is 0 Å². The fraction of sp³-hybridized carbons (Fsp3) is 0.226. The predicted molar refractivity (Wildman–Crippen MR) is 160 cm³/mol. The number of hydrogen-bond acceptors (Lipinski definition) is 9. The van der Waals surface area contributed by atoms with E-state index in [1.807, 2.05) is 0 Å². The molecule has 3 aromatic carbocycles. The summed E-state index contributed by atoms with van der Waals surface area (Å²) in [5.41, 5.74) is 1.73.